The Bertz CT molecular complexity index is 353. The first-order valence-electron chi connectivity index (χ1n) is 5.73. The van der Waals surface area contributed by atoms with E-state index in [2.05, 4.69) is 22.1 Å². The van der Waals surface area contributed by atoms with Crippen molar-refractivity contribution in [1.82, 2.24) is 15.2 Å². The van der Waals surface area contributed by atoms with E-state index in [1.54, 1.807) is 24.5 Å². The van der Waals surface area contributed by atoms with Gasteiger partial charge < -0.3 is 10.2 Å². The zero-order valence-corrected chi connectivity index (χ0v) is 9.52. The molecular formula is C12H17N3O. The third-order valence-electron chi connectivity index (χ3n) is 2.98. The fourth-order valence-electron chi connectivity index (χ4n) is 2.00. The van der Waals surface area contributed by atoms with E-state index in [1.165, 1.54) is 0 Å². The third-order valence-corrected chi connectivity index (χ3v) is 2.98. The Labute approximate surface area is 95.7 Å². The molecule has 0 saturated carbocycles. The van der Waals surface area contributed by atoms with Gasteiger partial charge in [-0.2, -0.15) is 0 Å². The SMILES string of the molecule is CCN1CCC(NC(=O)c2cccnc2)C1. The van der Waals surface area contributed by atoms with Crippen LogP contribution in [0.2, 0.25) is 0 Å². The Morgan fingerprint density at radius 2 is 2.56 bits per heavy atom. The first-order valence-corrected chi connectivity index (χ1v) is 5.73. The Morgan fingerprint density at radius 1 is 1.69 bits per heavy atom. The van der Waals surface area contributed by atoms with Gasteiger partial charge in [-0.05, 0) is 25.1 Å². The van der Waals surface area contributed by atoms with Crippen molar-refractivity contribution < 1.29 is 4.79 Å². The second-order valence-electron chi connectivity index (χ2n) is 4.09. The number of aromatic nitrogens is 1. The monoisotopic (exact) mass is 219 g/mol. The van der Waals surface area contributed by atoms with Crippen molar-refractivity contribution in [2.75, 3.05) is 19.6 Å². The van der Waals surface area contributed by atoms with Crippen LogP contribution in [-0.2, 0) is 0 Å². The molecule has 0 bridgehead atoms. The zero-order chi connectivity index (χ0) is 11.4. The van der Waals surface area contributed by atoms with Crippen LogP contribution in [0.4, 0.5) is 0 Å². The molecule has 1 saturated heterocycles. The van der Waals surface area contributed by atoms with Gasteiger partial charge in [0.25, 0.3) is 5.91 Å². The molecule has 1 unspecified atom stereocenters. The lowest BCUT2D eigenvalue weighted by molar-refractivity contribution is 0.0937. The lowest BCUT2D eigenvalue weighted by atomic mass is 10.2. The van der Waals surface area contributed by atoms with Crippen LogP contribution in [0.3, 0.4) is 0 Å². The normalized spacial score (nSPS) is 20.9. The molecule has 4 nitrogen and oxygen atoms in total. The molecule has 1 atom stereocenters. The summed E-state index contributed by atoms with van der Waals surface area (Å²) < 4.78 is 0. The number of pyridine rings is 1. The van der Waals surface area contributed by atoms with E-state index >= 15 is 0 Å². The summed E-state index contributed by atoms with van der Waals surface area (Å²) in [7, 11) is 0. The van der Waals surface area contributed by atoms with Gasteiger partial charge in [0.2, 0.25) is 0 Å². The summed E-state index contributed by atoms with van der Waals surface area (Å²) >= 11 is 0. The summed E-state index contributed by atoms with van der Waals surface area (Å²) in [4.78, 5) is 18.1. The van der Waals surface area contributed by atoms with Crippen LogP contribution in [0, 0.1) is 0 Å². The Kier molecular flexibility index (Phi) is 3.51. The van der Waals surface area contributed by atoms with Gasteiger partial charge in [-0.3, -0.25) is 9.78 Å². The van der Waals surface area contributed by atoms with E-state index in [4.69, 9.17) is 0 Å². The molecule has 1 aromatic rings. The first kappa shape index (κ1) is 11.1. The quantitative estimate of drug-likeness (QED) is 0.821. The molecule has 0 spiro atoms. The van der Waals surface area contributed by atoms with Crippen LogP contribution in [0.25, 0.3) is 0 Å². The smallest absolute Gasteiger partial charge is 0.253 e. The van der Waals surface area contributed by atoms with E-state index in [0.29, 0.717) is 5.56 Å². The highest BCUT2D eigenvalue weighted by Gasteiger charge is 2.22. The average Bonchev–Trinajstić information content (AvgIpc) is 2.78. The molecule has 1 fully saturated rings. The molecule has 0 aromatic carbocycles. The van der Waals surface area contributed by atoms with Crippen molar-refractivity contribution in [3.8, 4) is 0 Å². The second kappa shape index (κ2) is 5.07. The van der Waals surface area contributed by atoms with E-state index in [0.717, 1.165) is 26.1 Å². The van der Waals surface area contributed by atoms with Crippen LogP contribution in [-0.4, -0.2) is 41.5 Å². The minimum atomic E-state index is -0.0175. The summed E-state index contributed by atoms with van der Waals surface area (Å²) in [5, 5.41) is 3.04. The van der Waals surface area contributed by atoms with Gasteiger partial charge >= 0.3 is 0 Å². The molecule has 16 heavy (non-hydrogen) atoms. The van der Waals surface area contributed by atoms with E-state index in [9.17, 15) is 4.79 Å². The molecule has 1 aromatic heterocycles. The highest BCUT2D eigenvalue weighted by molar-refractivity contribution is 5.94. The van der Waals surface area contributed by atoms with E-state index < -0.39 is 0 Å². The van der Waals surface area contributed by atoms with Gasteiger partial charge in [0.1, 0.15) is 0 Å². The van der Waals surface area contributed by atoms with Gasteiger partial charge in [0.05, 0.1) is 5.56 Å². The lowest BCUT2D eigenvalue weighted by Gasteiger charge is -2.14. The van der Waals surface area contributed by atoms with Gasteiger partial charge in [-0.25, -0.2) is 0 Å². The third kappa shape index (κ3) is 2.58. The molecule has 2 heterocycles. The maximum absolute atomic E-state index is 11.8. The molecular weight excluding hydrogens is 202 g/mol. The Morgan fingerprint density at radius 3 is 3.19 bits per heavy atom. The number of carbonyl (C=O) groups is 1. The number of nitrogens with zero attached hydrogens (tertiary/aromatic N) is 2. The van der Waals surface area contributed by atoms with Crippen molar-refractivity contribution in [2.24, 2.45) is 0 Å². The highest BCUT2D eigenvalue weighted by Crippen LogP contribution is 2.09. The average molecular weight is 219 g/mol. The summed E-state index contributed by atoms with van der Waals surface area (Å²) in [5.41, 5.74) is 0.637. The summed E-state index contributed by atoms with van der Waals surface area (Å²) in [5.74, 6) is -0.0175. The fourth-order valence-corrected chi connectivity index (χ4v) is 2.00. The van der Waals surface area contributed by atoms with Crippen molar-refractivity contribution in [2.45, 2.75) is 19.4 Å². The maximum Gasteiger partial charge on any atom is 0.253 e. The number of likely N-dealkylation sites (tertiary alicyclic amines) is 1. The largest absolute Gasteiger partial charge is 0.348 e. The number of nitrogens with one attached hydrogen (secondary N) is 1. The standard InChI is InChI=1S/C12H17N3O/c1-2-15-7-5-11(9-15)14-12(16)10-4-3-6-13-8-10/h3-4,6,8,11H,2,5,7,9H2,1H3,(H,14,16). The molecule has 1 amide bonds. The second-order valence-corrected chi connectivity index (χ2v) is 4.09. The molecule has 1 aliphatic rings. The van der Waals surface area contributed by atoms with Gasteiger partial charge in [0, 0.05) is 31.5 Å². The van der Waals surface area contributed by atoms with Crippen LogP contribution < -0.4 is 5.32 Å². The van der Waals surface area contributed by atoms with Crippen LogP contribution in [0.1, 0.15) is 23.7 Å². The van der Waals surface area contributed by atoms with Gasteiger partial charge in [0.15, 0.2) is 0 Å². The first-order chi connectivity index (χ1) is 7.79. The van der Waals surface area contributed by atoms with Crippen molar-refractivity contribution in [1.29, 1.82) is 0 Å². The molecule has 0 radical (unpaired) electrons. The molecule has 1 N–H and O–H groups in total. The topological polar surface area (TPSA) is 45.2 Å². The Balaban J connectivity index is 1.89. The fraction of sp³-hybridized carbons (Fsp3) is 0.500. The van der Waals surface area contributed by atoms with Crippen molar-refractivity contribution in [3.05, 3.63) is 30.1 Å². The molecule has 1 aliphatic heterocycles. The maximum atomic E-state index is 11.8. The van der Waals surface area contributed by atoms with Crippen molar-refractivity contribution in [3.63, 3.8) is 0 Å². The molecule has 0 aliphatic carbocycles. The summed E-state index contributed by atoms with van der Waals surface area (Å²) in [6.07, 6.45) is 4.31. The molecule has 2 rings (SSSR count). The summed E-state index contributed by atoms with van der Waals surface area (Å²) in [6, 6.07) is 3.85. The van der Waals surface area contributed by atoms with Crippen LogP contribution in [0.15, 0.2) is 24.5 Å². The molecule has 4 heteroatoms. The lowest BCUT2D eigenvalue weighted by Crippen LogP contribution is -2.37. The number of rotatable bonds is 3. The van der Waals surface area contributed by atoms with E-state index in [-0.39, 0.29) is 11.9 Å². The number of hydrogen-bond donors (Lipinski definition) is 1. The highest BCUT2D eigenvalue weighted by atomic mass is 16.1. The number of carbonyl (C=O) groups excluding carboxylic acids is 1. The van der Waals surface area contributed by atoms with Crippen LogP contribution in [0.5, 0.6) is 0 Å². The number of hydrogen-bond acceptors (Lipinski definition) is 3. The van der Waals surface area contributed by atoms with Gasteiger partial charge in [-0.1, -0.05) is 6.92 Å². The predicted octanol–water partition coefficient (Wildman–Crippen LogP) is 0.906. The van der Waals surface area contributed by atoms with Gasteiger partial charge in [-0.15, -0.1) is 0 Å². The summed E-state index contributed by atoms with van der Waals surface area (Å²) in [6.45, 7) is 5.24. The number of amides is 1. The zero-order valence-electron chi connectivity index (χ0n) is 9.52. The minimum absolute atomic E-state index is 0.0175. The van der Waals surface area contributed by atoms with E-state index in [1.807, 2.05) is 0 Å². The Hall–Kier alpha value is -1.42. The minimum Gasteiger partial charge on any atom is -0.348 e. The number of likely N-dealkylation sites (N-methyl/N-ethyl adjacent to an activating group) is 1. The van der Waals surface area contributed by atoms with Crippen LogP contribution >= 0.6 is 0 Å². The predicted molar refractivity (Wildman–Crippen MR) is 62.2 cm³/mol. The van der Waals surface area contributed by atoms with Crippen molar-refractivity contribution >= 4 is 5.91 Å². The molecule has 86 valence electrons.